The highest BCUT2D eigenvalue weighted by molar-refractivity contribution is 5.94. The third kappa shape index (κ3) is 3.36. The Morgan fingerprint density at radius 3 is 2.28 bits per heavy atom. The summed E-state index contributed by atoms with van der Waals surface area (Å²) in [5, 5.41) is 0. The summed E-state index contributed by atoms with van der Waals surface area (Å²) in [4.78, 5) is 34.5. The first-order chi connectivity index (χ1) is 12.2. The molecule has 2 saturated carbocycles. The maximum atomic E-state index is 13.1. The lowest BCUT2D eigenvalue weighted by molar-refractivity contribution is 0.0612. The lowest BCUT2D eigenvalue weighted by Gasteiger charge is -2.34. The van der Waals surface area contributed by atoms with Crippen molar-refractivity contribution in [3.63, 3.8) is 0 Å². The van der Waals surface area contributed by atoms with Gasteiger partial charge in [-0.1, -0.05) is 19.3 Å². The topological polar surface area (TPSA) is 66.1 Å². The molecule has 0 aromatic carbocycles. The average Bonchev–Trinajstić information content (AvgIpc) is 3.48. The van der Waals surface area contributed by atoms with E-state index >= 15 is 0 Å². The second-order valence-electron chi connectivity index (χ2n) is 7.09. The van der Waals surface area contributed by atoms with Gasteiger partial charge < -0.3 is 9.88 Å². The predicted octanol–water partition coefficient (Wildman–Crippen LogP) is 3.37. The van der Waals surface area contributed by atoms with Gasteiger partial charge >= 0.3 is 0 Å². The zero-order chi connectivity index (χ0) is 17.2. The summed E-state index contributed by atoms with van der Waals surface area (Å²) in [6.45, 7) is 0. The molecule has 5 nitrogen and oxygen atoms in total. The number of aromatic nitrogens is 2. The third-order valence-corrected chi connectivity index (χ3v) is 5.27. The quantitative estimate of drug-likeness (QED) is 0.930. The van der Waals surface area contributed by atoms with Crippen molar-refractivity contribution in [3.8, 4) is 11.3 Å². The number of aromatic amines is 1. The van der Waals surface area contributed by atoms with E-state index in [0.29, 0.717) is 17.8 Å². The zero-order valence-electron chi connectivity index (χ0n) is 14.3. The van der Waals surface area contributed by atoms with Crippen molar-refractivity contribution in [2.24, 2.45) is 0 Å². The average molecular weight is 337 g/mol. The van der Waals surface area contributed by atoms with Crippen molar-refractivity contribution in [1.29, 1.82) is 0 Å². The summed E-state index contributed by atoms with van der Waals surface area (Å²) in [6.07, 6.45) is 11.2. The van der Waals surface area contributed by atoms with Gasteiger partial charge in [-0.3, -0.25) is 14.6 Å². The van der Waals surface area contributed by atoms with Gasteiger partial charge in [0.1, 0.15) is 5.56 Å². The van der Waals surface area contributed by atoms with E-state index in [0.717, 1.165) is 31.2 Å². The molecule has 0 atom stereocenters. The molecule has 0 spiro atoms. The Morgan fingerprint density at radius 1 is 0.960 bits per heavy atom. The molecule has 1 N–H and O–H groups in total. The molecule has 130 valence electrons. The minimum Gasteiger partial charge on any atom is -0.333 e. The lowest BCUT2D eigenvalue weighted by atomic mass is 9.93. The van der Waals surface area contributed by atoms with Crippen molar-refractivity contribution in [3.05, 3.63) is 52.6 Å². The standard InChI is InChI=1S/C20H23N3O2/c24-19-17(8-9-18(22-19)14-10-12-21-13-11-14)20(25)23(16-6-7-16)15-4-2-1-3-5-15/h8-13,15-16H,1-7H2,(H,22,24). The molecule has 25 heavy (non-hydrogen) atoms. The van der Waals surface area contributed by atoms with E-state index in [1.807, 2.05) is 23.1 Å². The molecule has 2 fully saturated rings. The third-order valence-electron chi connectivity index (χ3n) is 5.27. The van der Waals surface area contributed by atoms with Crippen LogP contribution in [0.4, 0.5) is 0 Å². The molecule has 2 aromatic heterocycles. The maximum Gasteiger partial charge on any atom is 0.261 e. The van der Waals surface area contributed by atoms with Crippen molar-refractivity contribution in [2.75, 3.05) is 0 Å². The molecule has 2 heterocycles. The monoisotopic (exact) mass is 337 g/mol. The van der Waals surface area contributed by atoms with Gasteiger partial charge in [0.2, 0.25) is 0 Å². The Bertz CT molecular complexity index is 805. The van der Waals surface area contributed by atoms with Crippen LogP contribution in [0.2, 0.25) is 0 Å². The van der Waals surface area contributed by atoms with Crippen LogP contribution in [0.15, 0.2) is 41.5 Å². The fourth-order valence-corrected chi connectivity index (χ4v) is 3.82. The summed E-state index contributed by atoms with van der Waals surface area (Å²) in [7, 11) is 0. The van der Waals surface area contributed by atoms with E-state index in [2.05, 4.69) is 9.97 Å². The summed E-state index contributed by atoms with van der Waals surface area (Å²) in [5.41, 5.74) is 1.55. The number of nitrogens with one attached hydrogen (secondary N) is 1. The summed E-state index contributed by atoms with van der Waals surface area (Å²) in [5.74, 6) is -0.100. The molecule has 2 aliphatic rings. The van der Waals surface area contributed by atoms with E-state index in [-0.39, 0.29) is 17.0 Å². The van der Waals surface area contributed by atoms with Crippen LogP contribution >= 0.6 is 0 Å². The van der Waals surface area contributed by atoms with Crippen LogP contribution in [0.3, 0.4) is 0 Å². The first kappa shape index (κ1) is 16.1. The molecule has 0 radical (unpaired) electrons. The van der Waals surface area contributed by atoms with E-state index in [4.69, 9.17) is 0 Å². The molecule has 2 aliphatic carbocycles. The van der Waals surface area contributed by atoms with E-state index in [1.54, 1.807) is 18.5 Å². The molecule has 2 aromatic rings. The second-order valence-corrected chi connectivity index (χ2v) is 7.09. The predicted molar refractivity (Wildman–Crippen MR) is 96.4 cm³/mol. The van der Waals surface area contributed by atoms with Gasteiger partial charge in [0, 0.05) is 35.7 Å². The SMILES string of the molecule is O=C(c1ccc(-c2ccncc2)[nH]c1=O)N(C1CCCCC1)C1CC1. The summed E-state index contributed by atoms with van der Waals surface area (Å²) in [6, 6.07) is 7.80. The molecule has 0 aliphatic heterocycles. The molecule has 5 heteroatoms. The van der Waals surface area contributed by atoms with Gasteiger partial charge in [-0.25, -0.2) is 0 Å². The minimum absolute atomic E-state index is 0.100. The zero-order valence-corrected chi connectivity index (χ0v) is 14.3. The van der Waals surface area contributed by atoms with Crippen LogP contribution < -0.4 is 5.56 Å². The Morgan fingerprint density at radius 2 is 1.64 bits per heavy atom. The van der Waals surface area contributed by atoms with E-state index < -0.39 is 0 Å². The van der Waals surface area contributed by atoms with Crippen molar-refractivity contribution >= 4 is 5.91 Å². The number of nitrogens with zero attached hydrogens (tertiary/aromatic N) is 2. The van der Waals surface area contributed by atoms with Gasteiger partial charge in [-0.05, 0) is 49.9 Å². The van der Waals surface area contributed by atoms with E-state index in [9.17, 15) is 9.59 Å². The number of carbonyl (C=O) groups excluding carboxylic acids is 1. The van der Waals surface area contributed by atoms with Crippen molar-refractivity contribution in [1.82, 2.24) is 14.9 Å². The minimum atomic E-state index is -0.305. The van der Waals surface area contributed by atoms with Gasteiger partial charge in [-0.15, -0.1) is 0 Å². The molecule has 0 bridgehead atoms. The Labute approximate surface area is 147 Å². The van der Waals surface area contributed by atoms with Crippen LogP contribution in [-0.4, -0.2) is 32.9 Å². The molecule has 0 saturated heterocycles. The van der Waals surface area contributed by atoms with Crippen LogP contribution in [0, 0.1) is 0 Å². The first-order valence-electron chi connectivity index (χ1n) is 9.20. The normalized spacial score (nSPS) is 18.1. The van der Waals surface area contributed by atoms with Gasteiger partial charge in [0.05, 0.1) is 0 Å². The number of carbonyl (C=O) groups is 1. The highest BCUT2D eigenvalue weighted by Crippen LogP contribution is 2.34. The number of rotatable bonds is 4. The number of amides is 1. The lowest BCUT2D eigenvalue weighted by Crippen LogP contribution is -2.44. The Kier molecular flexibility index (Phi) is 4.38. The summed E-state index contributed by atoms with van der Waals surface area (Å²) >= 11 is 0. The van der Waals surface area contributed by atoms with E-state index in [1.165, 1.54) is 19.3 Å². The smallest absolute Gasteiger partial charge is 0.261 e. The number of H-pyrrole nitrogens is 1. The molecule has 4 rings (SSSR count). The Hall–Kier alpha value is -2.43. The van der Waals surface area contributed by atoms with Gasteiger partial charge in [0.15, 0.2) is 0 Å². The van der Waals surface area contributed by atoms with Crippen LogP contribution in [0.1, 0.15) is 55.3 Å². The first-order valence-corrected chi connectivity index (χ1v) is 9.20. The summed E-state index contributed by atoms with van der Waals surface area (Å²) < 4.78 is 0. The molecule has 0 unspecified atom stereocenters. The van der Waals surface area contributed by atoms with Crippen molar-refractivity contribution in [2.45, 2.75) is 57.0 Å². The fourth-order valence-electron chi connectivity index (χ4n) is 3.82. The molecular weight excluding hydrogens is 314 g/mol. The molecular formula is C20H23N3O2. The van der Waals surface area contributed by atoms with Crippen LogP contribution in [0.5, 0.6) is 0 Å². The Balaban J connectivity index is 1.61. The van der Waals surface area contributed by atoms with Crippen LogP contribution in [-0.2, 0) is 0 Å². The highest BCUT2D eigenvalue weighted by Gasteiger charge is 2.38. The van der Waals surface area contributed by atoms with Gasteiger partial charge in [0.25, 0.3) is 11.5 Å². The number of hydrogen-bond donors (Lipinski definition) is 1. The molecule has 1 amide bonds. The van der Waals surface area contributed by atoms with Crippen LogP contribution in [0.25, 0.3) is 11.3 Å². The van der Waals surface area contributed by atoms with Crippen molar-refractivity contribution < 1.29 is 4.79 Å². The fraction of sp³-hybridized carbons (Fsp3) is 0.450. The number of hydrogen-bond acceptors (Lipinski definition) is 3. The largest absolute Gasteiger partial charge is 0.333 e. The second kappa shape index (κ2) is 6.82. The highest BCUT2D eigenvalue weighted by atomic mass is 16.2. The van der Waals surface area contributed by atoms with Gasteiger partial charge in [-0.2, -0.15) is 0 Å². The maximum absolute atomic E-state index is 13.1. The number of pyridine rings is 2.